The van der Waals surface area contributed by atoms with E-state index in [1.807, 2.05) is 11.3 Å². The Kier molecular flexibility index (Phi) is 3.82. The summed E-state index contributed by atoms with van der Waals surface area (Å²) in [5, 5.41) is 0. The number of alkyl halides is 1. The maximum absolute atomic E-state index is 3.78. The van der Waals surface area contributed by atoms with Crippen molar-refractivity contribution >= 4 is 27.3 Å². The number of benzene rings is 1. The van der Waals surface area contributed by atoms with E-state index in [1.165, 1.54) is 20.9 Å². The van der Waals surface area contributed by atoms with Crippen LogP contribution in [0.3, 0.4) is 0 Å². The molecule has 0 radical (unpaired) electrons. The molecular formula is C14H15BrS. The first-order valence-corrected chi connectivity index (χ1v) is 7.15. The first kappa shape index (κ1) is 11.9. The van der Waals surface area contributed by atoms with E-state index < -0.39 is 0 Å². The summed E-state index contributed by atoms with van der Waals surface area (Å²) in [4.78, 5) is 3.29. The molecule has 2 aromatic rings. The molecule has 0 aliphatic heterocycles. The highest BCUT2D eigenvalue weighted by atomic mass is 79.9. The van der Waals surface area contributed by atoms with Gasteiger partial charge in [0.15, 0.2) is 0 Å². The molecule has 0 spiro atoms. The fourth-order valence-corrected chi connectivity index (χ4v) is 3.48. The second-order valence-electron chi connectivity index (χ2n) is 4.05. The smallest absolute Gasteiger partial charge is 0.0529 e. The molecule has 0 saturated carbocycles. The third-order valence-electron chi connectivity index (χ3n) is 2.75. The van der Waals surface area contributed by atoms with E-state index >= 15 is 0 Å². The van der Waals surface area contributed by atoms with Crippen LogP contribution in [0.25, 0.3) is 0 Å². The van der Waals surface area contributed by atoms with Crippen molar-refractivity contribution in [2.24, 2.45) is 0 Å². The van der Waals surface area contributed by atoms with Gasteiger partial charge in [0.05, 0.1) is 4.83 Å². The van der Waals surface area contributed by atoms with Crippen LogP contribution in [0.1, 0.15) is 25.7 Å². The predicted octanol–water partition coefficient (Wildman–Crippen LogP) is 5.04. The van der Waals surface area contributed by atoms with Crippen molar-refractivity contribution in [3.63, 3.8) is 0 Å². The Balaban J connectivity index is 2.11. The molecule has 0 saturated heterocycles. The minimum atomic E-state index is 0.437. The Hall–Kier alpha value is -0.600. The molecule has 1 heterocycles. The van der Waals surface area contributed by atoms with E-state index in [1.54, 1.807) is 0 Å². The Morgan fingerprint density at radius 3 is 2.44 bits per heavy atom. The van der Waals surface area contributed by atoms with Crippen LogP contribution in [0, 0.1) is 13.8 Å². The van der Waals surface area contributed by atoms with Gasteiger partial charge in [-0.2, -0.15) is 0 Å². The lowest BCUT2D eigenvalue weighted by atomic mass is 10.1. The highest BCUT2D eigenvalue weighted by Gasteiger charge is 2.11. The summed E-state index contributed by atoms with van der Waals surface area (Å²) in [5.41, 5.74) is 2.78. The van der Waals surface area contributed by atoms with Gasteiger partial charge in [-0.15, -0.1) is 11.3 Å². The van der Waals surface area contributed by atoms with Gasteiger partial charge in [0, 0.05) is 9.75 Å². The van der Waals surface area contributed by atoms with Gasteiger partial charge < -0.3 is 0 Å². The number of hydrogen-bond donors (Lipinski definition) is 0. The molecule has 0 N–H and O–H groups in total. The van der Waals surface area contributed by atoms with Crippen molar-refractivity contribution < 1.29 is 0 Å². The van der Waals surface area contributed by atoms with Gasteiger partial charge in [0.25, 0.3) is 0 Å². The number of hydrogen-bond acceptors (Lipinski definition) is 1. The molecule has 0 bridgehead atoms. The van der Waals surface area contributed by atoms with E-state index in [-0.39, 0.29) is 0 Å². The van der Waals surface area contributed by atoms with Crippen molar-refractivity contribution in [2.45, 2.75) is 25.1 Å². The maximum atomic E-state index is 3.78. The highest BCUT2D eigenvalue weighted by molar-refractivity contribution is 9.09. The maximum Gasteiger partial charge on any atom is 0.0529 e. The van der Waals surface area contributed by atoms with E-state index in [0.29, 0.717) is 4.83 Å². The summed E-state index contributed by atoms with van der Waals surface area (Å²) in [7, 11) is 0. The number of aryl methyl sites for hydroxylation is 2. The van der Waals surface area contributed by atoms with Gasteiger partial charge in [-0.1, -0.05) is 46.3 Å². The largest absolute Gasteiger partial charge is 0.144 e. The summed E-state index contributed by atoms with van der Waals surface area (Å²) < 4.78 is 0. The normalized spacial score (nSPS) is 12.7. The van der Waals surface area contributed by atoms with E-state index in [0.717, 1.165) is 6.42 Å². The minimum absolute atomic E-state index is 0.437. The standard InChI is InChI=1S/C14H15BrS/c1-10-8-14(16-11(10)2)13(15)9-12-6-4-3-5-7-12/h3-8,13H,9H2,1-2H3. The van der Waals surface area contributed by atoms with Crippen LogP contribution in [0.2, 0.25) is 0 Å². The van der Waals surface area contributed by atoms with Gasteiger partial charge in [0.1, 0.15) is 0 Å². The van der Waals surface area contributed by atoms with Crippen molar-refractivity contribution in [1.82, 2.24) is 0 Å². The van der Waals surface area contributed by atoms with Crippen molar-refractivity contribution in [3.8, 4) is 0 Å². The monoisotopic (exact) mass is 294 g/mol. The molecule has 1 aromatic heterocycles. The van der Waals surface area contributed by atoms with Crippen LogP contribution >= 0.6 is 27.3 Å². The van der Waals surface area contributed by atoms with Crippen LogP contribution in [-0.2, 0) is 6.42 Å². The Bertz CT molecular complexity index is 439. The number of halogens is 1. The molecule has 0 nitrogen and oxygen atoms in total. The van der Waals surface area contributed by atoms with Gasteiger partial charge in [0.2, 0.25) is 0 Å². The average Bonchev–Trinajstić information content (AvgIpc) is 2.61. The second kappa shape index (κ2) is 5.15. The van der Waals surface area contributed by atoms with Crippen molar-refractivity contribution in [3.05, 3.63) is 57.3 Å². The number of rotatable bonds is 3. The number of thiophene rings is 1. The van der Waals surface area contributed by atoms with E-state index in [4.69, 9.17) is 0 Å². The van der Waals surface area contributed by atoms with Gasteiger partial charge in [-0.05, 0) is 37.5 Å². The second-order valence-corrected chi connectivity index (χ2v) is 6.44. The molecule has 0 aliphatic carbocycles. The zero-order chi connectivity index (χ0) is 11.5. The Morgan fingerprint density at radius 1 is 1.19 bits per heavy atom. The molecule has 0 amide bonds. The van der Waals surface area contributed by atoms with Gasteiger partial charge in [-0.25, -0.2) is 0 Å². The Labute approximate surface area is 109 Å². The summed E-state index contributed by atoms with van der Waals surface area (Å²) in [5.74, 6) is 0. The van der Waals surface area contributed by atoms with Gasteiger partial charge in [-0.3, -0.25) is 0 Å². The summed E-state index contributed by atoms with van der Waals surface area (Å²) in [6.07, 6.45) is 1.06. The molecule has 1 atom stereocenters. The predicted molar refractivity (Wildman–Crippen MR) is 75.6 cm³/mol. The fourth-order valence-electron chi connectivity index (χ4n) is 1.68. The zero-order valence-electron chi connectivity index (χ0n) is 9.53. The fraction of sp³-hybridized carbons (Fsp3) is 0.286. The van der Waals surface area contributed by atoms with E-state index in [9.17, 15) is 0 Å². The molecule has 1 aromatic carbocycles. The zero-order valence-corrected chi connectivity index (χ0v) is 11.9. The molecular weight excluding hydrogens is 280 g/mol. The molecule has 2 rings (SSSR count). The van der Waals surface area contributed by atoms with Crippen molar-refractivity contribution in [1.29, 1.82) is 0 Å². The topological polar surface area (TPSA) is 0 Å². The SMILES string of the molecule is Cc1cc(C(Br)Cc2ccccc2)sc1C. The Morgan fingerprint density at radius 2 is 1.88 bits per heavy atom. The first-order chi connectivity index (χ1) is 7.66. The van der Waals surface area contributed by atoms with Crippen LogP contribution in [0.15, 0.2) is 36.4 Å². The quantitative estimate of drug-likeness (QED) is 0.696. The lowest BCUT2D eigenvalue weighted by Gasteiger charge is -2.07. The summed E-state index contributed by atoms with van der Waals surface area (Å²) in [6, 6.07) is 12.9. The lowest BCUT2D eigenvalue weighted by Crippen LogP contribution is -1.92. The highest BCUT2D eigenvalue weighted by Crippen LogP contribution is 2.34. The lowest BCUT2D eigenvalue weighted by molar-refractivity contribution is 0.968. The molecule has 2 heteroatoms. The van der Waals surface area contributed by atoms with Crippen LogP contribution < -0.4 is 0 Å². The molecule has 16 heavy (non-hydrogen) atoms. The third kappa shape index (κ3) is 2.74. The molecule has 0 fully saturated rings. The van der Waals surface area contributed by atoms with Crippen LogP contribution in [-0.4, -0.2) is 0 Å². The molecule has 1 unspecified atom stereocenters. The minimum Gasteiger partial charge on any atom is -0.144 e. The first-order valence-electron chi connectivity index (χ1n) is 5.41. The molecule has 0 aliphatic rings. The van der Waals surface area contributed by atoms with E-state index in [2.05, 4.69) is 66.2 Å². The third-order valence-corrected chi connectivity index (χ3v) is 5.14. The summed E-state index contributed by atoms with van der Waals surface area (Å²) in [6.45, 7) is 4.36. The van der Waals surface area contributed by atoms with Gasteiger partial charge >= 0.3 is 0 Å². The average molecular weight is 295 g/mol. The summed E-state index contributed by atoms with van der Waals surface area (Å²) >= 11 is 5.68. The van der Waals surface area contributed by atoms with Crippen LogP contribution in [0.4, 0.5) is 0 Å². The molecule has 84 valence electrons. The van der Waals surface area contributed by atoms with Crippen LogP contribution in [0.5, 0.6) is 0 Å². The van der Waals surface area contributed by atoms with Crippen molar-refractivity contribution in [2.75, 3.05) is 0 Å².